The normalized spacial score (nSPS) is 20.8. The summed E-state index contributed by atoms with van der Waals surface area (Å²) in [5.74, 6) is 2.07. The molecule has 3 rings (SSSR count). The summed E-state index contributed by atoms with van der Waals surface area (Å²) in [5, 5.41) is 0. The number of benzene rings is 2. The van der Waals surface area contributed by atoms with E-state index in [1.165, 1.54) is 29.5 Å². The van der Waals surface area contributed by atoms with E-state index in [0.717, 1.165) is 12.4 Å². The van der Waals surface area contributed by atoms with E-state index in [2.05, 4.69) is 74.5 Å². The Hall–Kier alpha value is -2.02. The van der Waals surface area contributed by atoms with Gasteiger partial charge in [0.2, 0.25) is 0 Å². The van der Waals surface area contributed by atoms with Gasteiger partial charge in [-0.2, -0.15) is 0 Å². The van der Waals surface area contributed by atoms with Crippen LogP contribution in [0.15, 0.2) is 60.7 Å². The first kappa shape index (κ1) is 14.9. The second-order valence-electron chi connectivity index (χ2n) is 6.36. The largest absolute Gasteiger partial charge is 0.493 e. The van der Waals surface area contributed by atoms with Crippen LogP contribution in [0.25, 0.3) is 0 Å². The van der Waals surface area contributed by atoms with Gasteiger partial charge in [0.25, 0.3) is 0 Å². The molecule has 1 aliphatic carbocycles. The molecule has 1 heteroatoms. The third-order valence-electron chi connectivity index (χ3n) is 4.45. The van der Waals surface area contributed by atoms with Gasteiger partial charge >= 0.3 is 0 Å². The SMILES string of the molecule is Cc1ccc(OCC2C=CC(c3ccc(C)cc3)CC2)cc1. The lowest BCUT2D eigenvalue weighted by molar-refractivity contribution is 0.260. The van der Waals surface area contributed by atoms with Gasteiger partial charge in [-0.15, -0.1) is 0 Å². The summed E-state index contributed by atoms with van der Waals surface area (Å²) in [4.78, 5) is 0. The topological polar surface area (TPSA) is 9.23 Å². The zero-order chi connectivity index (χ0) is 15.4. The summed E-state index contributed by atoms with van der Waals surface area (Å²) >= 11 is 0. The van der Waals surface area contributed by atoms with E-state index >= 15 is 0 Å². The van der Waals surface area contributed by atoms with Crippen molar-refractivity contribution in [1.82, 2.24) is 0 Å². The number of allylic oxidation sites excluding steroid dienone is 1. The molecule has 2 atom stereocenters. The molecule has 0 amide bonds. The van der Waals surface area contributed by atoms with Crippen molar-refractivity contribution >= 4 is 0 Å². The van der Waals surface area contributed by atoms with Crippen LogP contribution in [0, 0.1) is 19.8 Å². The summed E-state index contributed by atoms with van der Waals surface area (Å²) in [6, 6.07) is 17.2. The highest BCUT2D eigenvalue weighted by molar-refractivity contribution is 5.29. The third kappa shape index (κ3) is 3.79. The molecule has 0 bridgehead atoms. The molecule has 2 aromatic carbocycles. The Morgan fingerprint density at radius 3 is 2.05 bits per heavy atom. The first-order chi connectivity index (χ1) is 10.7. The van der Waals surface area contributed by atoms with Crippen LogP contribution in [0.1, 0.15) is 35.4 Å². The standard InChI is InChI=1S/C21H24O/c1-16-3-9-19(10-4-16)20-11-7-18(8-12-20)15-22-21-13-5-17(2)6-14-21/h3-7,9-11,13-14,18,20H,8,12,15H2,1-2H3. The molecule has 0 heterocycles. The molecular formula is C21H24O. The van der Waals surface area contributed by atoms with Crippen LogP contribution in [0.3, 0.4) is 0 Å². The second-order valence-corrected chi connectivity index (χ2v) is 6.36. The molecule has 0 saturated heterocycles. The van der Waals surface area contributed by atoms with Gasteiger partial charge in [0.05, 0.1) is 6.61 Å². The molecule has 0 spiro atoms. The highest BCUT2D eigenvalue weighted by Gasteiger charge is 2.17. The Morgan fingerprint density at radius 1 is 0.818 bits per heavy atom. The van der Waals surface area contributed by atoms with E-state index in [1.54, 1.807) is 0 Å². The van der Waals surface area contributed by atoms with Gasteiger partial charge in [0, 0.05) is 11.8 Å². The first-order valence-electron chi connectivity index (χ1n) is 8.15. The Labute approximate surface area is 133 Å². The van der Waals surface area contributed by atoms with E-state index in [4.69, 9.17) is 4.74 Å². The fourth-order valence-corrected chi connectivity index (χ4v) is 2.95. The minimum atomic E-state index is 0.531. The number of hydrogen-bond donors (Lipinski definition) is 0. The Kier molecular flexibility index (Phi) is 4.62. The number of hydrogen-bond acceptors (Lipinski definition) is 1. The highest BCUT2D eigenvalue weighted by atomic mass is 16.5. The van der Waals surface area contributed by atoms with Crippen LogP contribution in [0.4, 0.5) is 0 Å². The average Bonchev–Trinajstić information content (AvgIpc) is 2.56. The van der Waals surface area contributed by atoms with Crippen molar-refractivity contribution < 1.29 is 4.74 Å². The van der Waals surface area contributed by atoms with Crippen molar-refractivity contribution in [3.63, 3.8) is 0 Å². The predicted octanol–water partition coefficient (Wildman–Crippen LogP) is 5.43. The van der Waals surface area contributed by atoms with Crippen LogP contribution in [-0.2, 0) is 0 Å². The summed E-state index contributed by atoms with van der Waals surface area (Å²) in [7, 11) is 0. The van der Waals surface area contributed by atoms with Crippen molar-refractivity contribution in [3.8, 4) is 5.75 Å². The first-order valence-corrected chi connectivity index (χ1v) is 8.15. The van der Waals surface area contributed by atoms with Crippen molar-refractivity contribution in [3.05, 3.63) is 77.4 Å². The lowest BCUT2D eigenvalue weighted by Crippen LogP contribution is -2.15. The molecule has 0 radical (unpaired) electrons. The summed E-state index contributed by atoms with van der Waals surface area (Å²) < 4.78 is 5.91. The van der Waals surface area contributed by atoms with Crippen molar-refractivity contribution in [2.24, 2.45) is 5.92 Å². The molecule has 0 saturated carbocycles. The van der Waals surface area contributed by atoms with Crippen molar-refractivity contribution in [2.75, 3.05) is 6.61 Å². The van der Waals surface area contributed by atoms with E-state index in [1.807, 2.05) is 0 Å². The van der Waals surface area contributed by atoms with Crippen LogP contribution in [-0.4, -0.2) is 6.61 Å². The Morgan fingerprint density at radius 2 is 1.45 bits per heavy atom. The van der Waals surface area contributed by atoms with Gasteiger partial charge in [-0.3, -0.25) is 0 Å². The molecule has 114 valence electrons. The fraction of sp³-hybridized carbons (Fsp3) is 0.333. The average molecular weight is 292 g/mol. The van der Waals surface area contributed by atoms with Crippen LogP contribution < -0.4 is 4.74 Å². The number of aryl methyl sites for hydroxylation is 2. The smallest absolute Gasteiger partial charge is 0.119 e. The lowest BCUT2D eigenvalue weighted by atomic mass is 9.84. The van der Waals surface area contributed by atoms with Crippen molar-refractivity contribution in [1.29, 1.82) is 0 Å². The number of ether oxygens (including phenoxy) is 1. The molecule has 0 N–H and O–H groups in total. The molecule has 1 nitrogen and oxygen atoms in total. The van der Waals surface area contributed by atoms with Crippen molar-refractivity contribution in [2.45, 2.75) is 32.6 Å². The van der Waals surface area contributed by atoms with E-state index < -0.39 is 0 Å². The van der Waals surface area contributed by atoms with Gasteiger partial charge in [0.1, 0.15) is 5.75 Å². The lowest BCUT2D eigenvalue weighted by Gasteiger charge is -2.23. The Balaban J connectivity index is 1.54. The Bertz CT molecular complexity index is 622. The molecule has 1 aliphatic rings. The van der Waals surface area contributed by atoms with Gasteiger partial charge in [0.15, 0.2) is 0 Å². The van der Waals surface area contributed by atoms with E-state index in [0.29, 0.717) is 11.8 Å². The van der Waals surface area contributed by atoms with Gasteiger partial charge in [-0.05, 0) is 44.4 Å². The summed E-state index contributed by atoms with van der Waals surface area (Å²) in [6.07, 6.45) is 7.10. The molecule has 0 aliphatic heterocycles. The maximum Gasteiger partial charge on any atom is 0.119 e. The minimum Gasteiger partial charge on any atom is -0.493 e. The van der Waals surface area contributed by atoms with Gasteiger partial charge in [-0.1, -0.05) is 59.7 Å². The quantitative estimate of drug-likeness (QED) is 0.682. The molecule has 0 fully saturated rings. The molecule has 0 aromatic heterocycles. The molecule has 2 unspecified atom stereocenters. The highest BCUT2D eigenvalue weighted by Crippen LogP contribution is 2.30. The second kappa shape index (κ2) is 6.83. The minimum absolute atomic E-state index is 0.531. The maximum atomic E-state index is 5.91. The zero-order valence-electron chi connectivity index (χ0n) is 13.5. The van der Waals surface area contributed by atoms with E-state index in [-0.39, 0.29) is 0 Å². The third-order valence-corrected chi connectivity index (χ3v) is 4.45. The van der Waals surface area contributed by atoms with E-state index in [9.17, 15) is 0 Å². The van der Waals surface area contributed by atoms with Crippen LogP contribution >= 0.6 is 0 Å². The monoisotopic (exact) mass is 292 g/mol. The maximum absolute atomic E-state index is 5.91. The number of rotatable bonds is 4. The fourth-order valence-electron chi connectivity index (χ4n) is 2.95. The van der Waals surface area contributed by atoms with Crippen LogP contribution in [0.2, 0.25) is 0 Å². The molecular weight excluding hydrogens is 268 g/mol. The summed E-state index contributed by atoms with van der Waals surface area (Å²) in [5.41, 5.74) is 4.03. The molecule has 22 heavy (non-hydrogen) atoms. The zero-order valence-corrected chi connectivity index (χ0v) is 13.5. The summed E-state index contributed by atoms with van der Waals surface area (Å²) in [6.45, 7) is 5.01. The predicted molar refractivity (Wildman–Crippen MR) is 92.5 cm³/mol. The van der Waals surface area contributed by atoms with Crippen LogP contribution in [0.5, 0.6) is 5.75 Å². The van der Waals surface area contributed by atoms with Gasteiger partial charge in [-0.25, -0.2) is 0 Å². The van der Waals surface area contributed by atoms with Gasteiger partial charge < -0.3 is 4.74 Å². The molecule has 2 aromatic rings.